The van der Waals surface area contributed by atoms with Crippen molar-refractivity contribution in [2.75, 3.05) is 6.54 Å². The fourth-order valence-electron chi connectivity index (χ4n) is 3.16. The van der Waals surface area contributed by atoms with Crippen LogP contribution < -0.4 is 5.32 Å². The largest absolute Gasteiger partial charge is 0.329 e. The maximum absolute atomic E-state index is 13.6. The maximum Gasteiger partial charge on any atom is 0.249 e. The number of allylic oxidation sites excluding steroid dienone is 2. The van der Waals surface area contributed by atoms with Crippen LogP contribution in [0.2, 0.25) is 0 Å². The molecule has 106 valence electrons. The molecule has 1 aliphatic carbocycles. The zero-order valence-corrected chi connectivity index (χ0v) is 11.1. The molecule has 0 bridgehead atoms. The first-order valence-electron chi connectivity index (χ1n) is 6.67. The average Bonchev–Trinajstić information content (AvgIpc) is 2.72. The van der Waals surface area contributed by atoms with Crippen molar-refractivity contribution < 1.29 is 18.8 Å². The second-order valence-electron chi connectivity index (χ2n) is 5.48. The summed E-state index contributed by atoms with van der Waals surface area (Å²) in [6, 6.07) is -0.616. The van der Waals surface area contributed by atoms with Gasteiger partial charge >= 0.3 is 0 Å². The molecule has 2 saturated heterocycles. The number of amides is 3. The minimum absolute atomic E-state index is 0.160. The summed E-state index contributed by atoms with van der Waals surface area (Å²) in [5, 5.41) is 2.25. The van der Waals surface area contributed by atoms with Gasteiger partial charge in [0.05, 0.1) is 5.92 Å². The fraction of sp³-hybridized carbons (Fsp3) is 0.500. The van der Waals surface area contributed by atoms with E-state index in [1.54, 1.807) is 13.0 Å². The number of likely N-dealkylation sites (tertiary alicyclic amines) is 1. The SMILES string of the molecule is CC1=C(F)C=CC2C(=O)N(C3CCC(=O)NC3=O)CC12. The van der Waals surface area contributed by atoms with E-state index in [-0.39, 0.29) is 35.9 Å². The van der Waals surface area contributed by atoms with E-state index in [2.05, 4.69) is 5.32 Å². The lowest BCUT2D eigenvalue weighted by Crippen LogP contribution is -2.53. The van der Waals surface area contributed by atoms with E-state index >= 15 is 0 Å². The Morgan fingerprint density at radius 3 is 2.80 bits per heavy atom. The van der Waals surface area contributed by atoms with E-state index in [1.165, 1.54) is 11.0 Å². The number of carbonyl (C=O) groups excluding carboxylic acids is 3. The summed E-state index contributed by atoms with van der Waals surface area (Å²) in [6.07, 6.45) is 3.46. The third-order valence-electron chi connectivity index (χ3n) is 4.36. The average molecular weight is 278 g/mol. The van der Waals surface area contributed by atoms with Crippen LogP contribution in [0.5, 0.6) is 0 Å². The molecule has 3 amide bonds. The second-order valence-corrected chi connectivity index (χ2v) is 5.48. The Morgan fingerprint density at radius 1 is 1.35 bits per heavy atom. The van der Waals surface area contributed by atoms with Gasteiger partial charge < -0.3 is 4.90 Å². The molecule has 2 aliphatic heterocycles. The molecule has 3 rings (SSSR count). The molecule has 0 saturated carbocycles. The van der Waals surface area contributed by atoms with Crippen LogP contribution in [-0.2, 0) is 14.4 Å². The number of fused-ring (bicyclic) bond motifs is 1. The van der Waals surface area contributed by atoms with Crippen LogP contribution in [0.4, 0.5) is 4.39 Å². The van der Waals surface area contributed by atoms with Crippen LogP contribution in [0.3, 0.4) is 0 Å². The van der Waals surface area contributed by atoms with Crippen molar-refractivity contribution in [1.82, 2.24) is 10.2 Å². The number of nitrogens with one attached hydrogen (secondary N) is 1. The van der Waals surface area contributed by atoms with Gasteiger partial charge in [0, 0.05) is 18.9 Å². The second kappa shape index (κ2) is 4.54. The molecule has 3 atom stereocenters. The van der Waals surface area contributed by atoms with Crippen LogP contribution in [0.15, 0.2) is 23.6 Å². The van der Waals surface area contributed by atoms with Gasteiger partial charge in [0.25, 0.3) is 0 Å². The van der Waals surface area contributed by atoms with Gasteiger partial charge in [-0.1, -0.05) is 6.08 Å². The minimum atomic E-state index is -0.616. The Kier molecular flexibility index (Phi) is 2.96. The highest BCUT2D eigenvalue weighted by Gasteiger charge is 2.46. The summed E-state index contributed by atoms with van der Waals surface area (Å²) in [5.41, 5.74) is 0.556. The van der Waals surface area contributed by atoms with Gasteiger partial charge in [-0.05, 0) is 25.0 Å². The van der Waals surface area contributed by atoms with E-state index in [9.17, 15) is 18.8 Å². The number of nitrogens with zero attached hydrogens (tertiary/aromatic N) is 1. The predicted octanol–water partition coefficient (Wildman–Crippen LogP) is 0.679. The van der Waals surface area contributed by atoms with Crippen LogP contribution in [-0.4, -0.2) is 35.2 Å². The lowest BCUT2D eigenvalue weighted by Gasteiger charge is -2.29. The van der Waals surface area contributed by atoms with E-state index in [4.69, 9.17) is 0 Å². The normalized spacial score (nSPS) is 33.6. The molecule has 0 aromatic carbocycles. The Bertz CT molecular complexity index is 567. The molecule has 0 radical (unpaired) electrons. The molecule has 3 aliphatic rings. The first-order valence-corrected chi connectivity index (χ1v) is 6.67. The quantitative estimate of drug-likeness (QED) is 0.717. The van der Waals surface area contributed by atoms with Crippen LogP contribution in [0, 0.1) is 11.8 Å². The first-order chi connectivity index (χ1) is 9.49. The number of hydrogen-bond donors (Lipinski definition) is 1. The van der Waals surface area contributed by atoms with Crippen molar-refractivity contribution in [1.29, 1.82) is 0 Å². The number of hydrogen-bond acceptors (Lipinski definition) is 3. The van der Waals surface area contributed by atoms with Gasteiger partial charge in [0.2, 0.25) is 17.7 Å². The zero-order valence-electron chi connectivity index (χ0n) is 11.1. The van der Waals surface area contributed by atoms with Crippen molar-refractivity contribution in [2.24, 2.45) is 11.8 Å². The van der Waals surface area contributed by atoms with Gasteiger partial charge in [0.1, 0.15) is 11.9 Å². The van der Waals surface area contributed by atoms with Crippen molar-refractivity contribution in [3.8, 4) is 0 Å². The Morgan fingerprint density at radius 2 is 2.10 bits per heavy atom. The number of imide groups is 1. The molecule has 3 unspecified atom stereocenters. The van der Waals surface area contributed by atoms with Gasteiger partial charge in [-0.2, -0.15) is 0 Å². The summed E-state index contributed by atoms with van der Waals surface area (Å²) >= 11 is 0. The summed E-state index contributed by atoms with van der Waals surface area (Å²) in [4.78, 5) is 36.9. The Labute approximate surface area is 115 Å². The van der Waals surface area contributed by atoms with Gasteiger partial charge in [-0.3, -0.25) is 19.7 Å². The molecule has 0 aromatic rings. The minimum Gasteiger partial charge on any atom is -0.329 e. The van der Waals surface area contributed by atoms with Crippen LogP contribution >= 0.6 is 0 Å². The molecule has 1 N–H and O–H groups in total. The Balaban J connectivity index is 1.84. The molecular formula is C14H15FN2O3. The highest BCUT2D eigenvalue weighted by Crippen LogP contribution is 2.38. The van der Waals surface area contributed by atoms with Crippen LogP contribution in [0.25, 0.3) is 0 Å². The number of rotatable bonds is 1. The molecule has 6 heteroatoms. The summed E-state index contributed by atoms with van der Waals surface area (Å²) in [6.45, 7) is 2.01. The number of carbonyl (C=O) groups is 3. The molecule has 2 fully saturated rings. The smallest absolute Gasteiger partial charge is 0.249 e. The van der Waals surface area contributed by atoms with E-state index in [1.807, 2.05) is 0 Å². The van der Waals surface area contributed by atoms with Gasteiger partial charge in [0.15, 0.2) is 0 Å². The first kappa shape index (κ1) is 13.0. The van der Waals surface area contributed by atoms with Crippen LogP contribution in [0.1, 0.15) is 19.8 Å². The monoisotopic (exact) mass is 278 g/mol. The number of piperidine rings is 1. The maximum atomic E-state index is 13.6. The van der Waals surface area contributed by atoms with Crippen molar-refractivity contribution in [2.45, 2.75) is 25.8 Å². The van der Waals surface area contributed by atoms with Crippen molar-refractivity contribution >= 4 is 17.7 Å². The highest BCUT2D eigenvalue weighted by atomic mass is 19.1. The summed E-state index contributed by atoms with van der Waals surface area (Å²) in [5.74, 6) is -1.80. The summed E-state index contributed by atoms with van der Waals surface area (Å²) in [7, 11) is 0. The predicted molar refractivity (Wildman–Crippen MR) is 67.8 cm³/mol. The summed E-state index contributed by atoms with van der Waals surface area (Å²) < 4.78 is 13.6. The molecular weight excluding hydrogens is 263 g/mol. The van der Waals surface area contributed by atoms with Gasteiger partial charge in [-0.15, -0.1) is 0 Å². The molecule has 5 nitrogen and oxygen atoms in total. The third-order valence-corrected chi connectivity index (χ3v) is 4.36. The van der Waals surface area contributed by atoms with E-state index < -0.39 is 11.9 Å². The lowest BCUT2D eigenvalue weighted by molar-refractivity contribution is -0.144. The van der Waals surface area contributed by atoms with E-state index in [0.29, 0.717) is 18.5 Å². The topological polar surface area (TPSA) is 66.5 Å². The lowest BCUT2D eigenvalue weighted by atomic mass is 9.85. The standard InChI is InChI=1S/C14H15FN2O3/c1-7-9-6-17(11-4-5-12(18)16-13(11)19)14(20)8(9)2-3-10(7)15/h2-3,8-9,11H,4-6H2,1H3,(H,16,18,19). The highest BCUT2D eigenvalue weighted by molar-refractivity contribution is 6.02. The number of halogens is 1. The van der Waals surface area contributed by atoms with Gasteiger partial charge in [-0.25, -0.2) is 4.39 Å². The van der Waals surface area contributed by atoms with Crippen molar-refractivity contribution in [3.63, 3.8) is 0 Å². The molecule has 2 heterocycles. The molecule has 0 spiro atoms. The third kappa shape index (κ3) is 1.87. The molecule has 0 aromatic heterocycles. The fourth-order valence-corrected chi connectivity index (χ4v) is 3.16. The van der Waals surface area contributed by atoms with E-state index in [0.717, 1.165) is 0 Å². The Hall–Kier alpha value is -1.98. The molecule has 20 heavy (non-hydrogen) atoms. The zero-order chi connectivity index (χ0) is 14.4. The van der Waals surface area contributed by atoms with Crippen molar-refractivity contribution in [3.05, 3.63) is 23.6 Å².